The first-order valence-corrected chi connectivity index (χ1v) is 10.2. The molecule has 0 saturated carbocycles. The molecule has 0 bridgehead atoms. The van der Waals surface area contributed by atoms with Gasteiger partial charge < -0.3 is 9.73 Å². The summed E-state index contributed by atoms with van der Waals surface area (Å²) in [5.74, 6) is -0.159. The smallest absolute Gasteiger partial charge is 0.212 e. The zero-order chi connectivity index (χ0) is 21.0. The van der Waals surface area contributed by atoms with E-state index in [9.17, 15) is 9.18 Å². The minimum absolute atomic E-state index is 0.124. The number of halogens is 1. The first-order chi connectivity index (χ1) is 13.9. The summed E-state index contributed by atoms with van der Waals surface area (Å²) in [6, 6.07) is 13.0. The third kappa shape index (κ3) is 4.74. The largest absolute Gasteiger partial charge is 0.453 e. The second-order valence-corrected chi connectivity index (χ2v) is 7.40. The molecule has 5 heteroatoms. The van der Waals surface area contributed by atoms with E-state index in [1.807, 2.05) is 0 Å². The Morgan fingerprint density at radius 2 is 1.79 bits per heavy atom. The van der Waals surface area contributed by atoms with E-state index in [0.717, 1.165) is 13.1 Å². The molecule has 0 radical (unpaired) electrons. The Morgan fingerprint density at radius 3 is 2.45 bits per heavy atom. The van der Waals surface area contributed by atoms with Crippen molar-refractivity contribution in [3.63, 3.8) is 0 Å². The lowest BCUT2D eigenvalue weighted by Crippen LogP contribution is -2.37. The third-order valence-electron chi connectivity index (χ3n) is 5.49. The summed E-state index contributed by atoms with van der Waals surface area (Å²) in [4.78, 5) is 15.1. The molecule has 1 atom stereocenters. The lowest BCUT2D eigenvalue weighted by atomic mass is 10.0. The lowest BCUT2D eigenvalue weighted by Gasteiger charge is -2.30. The van der Waals surface area contributed by atoms with E-state index in [1.165, 1.54) is 23.3 Å². The van der Waals surface area contributed by atoms with Gasteiger partial charge in [0, 0.05) is 23.5 Å². The average Bonchev–Trinajstić information content (AvgIpc) is 3.04. The number of aryl methyl sites for hydroxylation is 2. The van der Waals surface area contributed by atoms with Crippen LogP contribution in [0.25, 0.3) is 11.0 Å². The number of carbonyl (C=O) groups is 1. The Balaban J connectivity index is 1.71. The monoisotopic (exact) mass is 396 g/mol. The molecule has 1 heterocycles. The van der Waals surface area contributed by atoms with Gasteiger partial charge in [-0.25, -0.2) is 4.39 Å². The van der Waals surface area contributed by atoms with Crippen LogP contribution < -0.4 is 5.32 Å². The number of benzene rings is 2. The van der Waals surface area contributed by atoms with Crippen LogP contribution in [-0.2, 0) is 0 Å². The summed E-state index contributed by atoms with van der Waals surface area (Å²) in [7, 11) is 0. The highest BCUT2D eigenvalue weighted by molar-refractivity contribution is 6.01. The topological polar surface area (TPSA) is 45.5 Å². The van der Waals surface area contributed by atoms with Gasteiger partial charge in [0.1, 0.15) is 11.4 Å². The minimum atomic E-state index is -0.335. The predicted octanol–water partition coefficient (Wildman–Crippen LogP) is 5.04. The first-order valence-electron chi connectivity index (χ1n) is 10.2. The molecular weight excluding hydrogens is 367 g/mol. The van der Waals surface area contributed by atoms with Crippen molar-refractivity contribution in [3.8, 4) is 0 Å². The molecule has 0 aliphatic rings. The highest BCUT2D eigenvalue weighted by atomic mass is 19.1. The number of nitrogens with one attached hydrogen (secondary N) is 1. The van der Waals surface area contributed by atoms with E-state index in [1.54, 1.807) is 13.0 Å². The summed E-state index contributed by atoms with van der Waals surface area (Å²) in [5, 5.41) is 3.95. The SMILES string of the molecule is CCN(CC)C(CNCC(=O)c1oc2ccc(F)cc2c1C)c1ccc(C)cc1. The standard InChI is InChI=1S/C24H29FN2O2/c1-5-27(6-2)21(18-9-7-16(3)8-10-18)14-26-15-22(28)24-17(4)20-13-19(25)11-12-23(20)29-24/h7-13,21,26H,5-6,14-15H2,1-4H3. The van der Waals surface area contributed by atoms with Crippen molar-refractivity contribution in [2.75, 3.05) is 26.2 Å². The lowest BCUT2D eigenvalue weighted by molar-refractivity contribution is 0.0961. The summed E-state index contributed by atoms with van der Waals surface area (Å²) in [5.41, 5.74) is 3.68. The second kappa shape index (κ2) is 9.33. The zero-order valence-corrected chi connectivity index (χ0v) is 17.6. The minimum Gasteiger partial charge on any atom is -0.453 e. The fourth-order valence-corrected chi connectivity index (χ4v) is 3.77. The van der Waals surface area contributed by atoms with Crippen LogP contribution in [0.2, 0.25) is 0 Å². The van der Waals surface area contributed by atoms with Crippen LogP contribution in [0.4, 0.5) is 4.39 Å². The molecule has 0 saturated heterocycles. The van der Waals surface area contributed by atoms with Crippen molar-refractivity contribution in [2.45, 2.75) is 33.7 Å². The van der Waals surface area contributed by atoms with Crippen molar-refractivity contribution in [2.24, 2.45) is 0 Å². The van der Waals surface area contributed by atoms with Crippen LogP contribution in [0.1, 0.15) is 47.1 Å². The summed E-state index contributed by atoms with van der Waals surface area (Å²) >= 11 is 0. The van der Waals surface area contributed by atoms with E-state index in [0.29, 0.717) is 28.8 Å². The molecule has 0 fully saturated rings. The van der Waals surface area contributed by atoms with Gasteiger partial charge in [-0.2, -0.15) is 0 Å². The molecule has 3 rings (SSSR count). The van der Waals surface area contributed by atoms with Gasteiger partial charge in [-0.05, 0) is 50.7 Å². The number of Topliss-reactive ketones (excluding diaryl/α,β-unsaturated/α-hetero) is 1. The number of ketones is 1. The van der Waals surface area contributed by atoms with Crippen LogP contribution in [0.5, 0.6) is 0 Å². The third-order valence-corrected chi connectivity index (χ3v) is 5.49. The molecule has 0 spiro atoms. The van der Waals surface area contributed by atoms with Gasteiger partial charge in [0.25, 0.3) is 0 Å². The van der Waals surface area contributed by atoms with Crippen molar-refractivity contribution >= 4 is 16.8 Å². The van der Waals surface area contributed by atoms with E-state index in [4.69, 9.17) is 4.42 Å². The fourth-order valence-electron chi connectivity index (χ4n) is 3.77. The molecular formula is C24H29FN2O2. The Hall–Kier alpha value is -2.50. The van der Waals surface area contributed by atoms with Crippen LogP contribution in [0, 0.1) is 19.7 Å². The molecule has 0 amide bonds. The number of carbonyl (C=O) groups excluding carboxylic acids is 1. The molecule has 0 aliphatic heterocycles. The maximum absolute atomic E-state index is 13.5. The van der Waals surface area contributed by atoms with Crippen LogP contribution in [0.3, 0.4) is 0 Å². The van der Waals surface area contributed by atoms with E-state index < -0.39 is 0 Å². The van der Waals surface area contributed by atoms with Crippen LogP contribution >= 0.6 is 0 Å². The predicted molar refractivity (Wildman–Crippen MR) is 115 cm³/mol. The van der Waals surface area contributed by atoms with Gasteiger partial charge in [0.15, 0.2) is 5.76 Å². The fraction of sp³-hybridized carbons (Fsp3) is 0.375. The summed E-state index contributed by atoms with van der Waals surface area (Å²) in [6.07, 6.45) is 0. The van der Waals surface area contributed by atoms with Crippen LogP contribution in [0.15, 0.2) is 46.9 Å². The number of fused-ring (bicyclic) bond motifs is 1. The number of hydrogen-bond acceptors (Lipinski definition) is 4. The van der Waals surface area contributed by atoms with Gasteiger partial charge in [0.2, 0.25) is 5.78 Å². The Bertz CT molecular complexity index is 974. The molecule has 1 unspecified atom stereocenters. The van der Waals surface area contributed by atoms with Crippen molar-refractivity contribution < 1.29 is 13.6 Å². The normalized spacial score (nSPS) is 12.6. The summed E-state index contributed by atoms with van der Waals surface area (Å²) < 4.78 is 19.2. The molecule has 1 aromatic heterocycles. The Kier molecular flexibility index (Phi) is 6.83. The molecule has 29 heavy (non-hydrogen) atoms. The maximum atomic E-state index is 13.5. The molecule has 1 N–H and O–H groups in total. The highest BCUT2D eigenvalue weighted by Gasteiger charge is 2.21. The van der Waals surface area contributed by atoms with E-state index >= 15 is 0 Å². The molecule has 154 valence electrons. The Morgan fingerprint density at radius 1 is 1.10 bits per heavy atom. The molecule has 0 aliphatic carbocycles. The molecule has 3 aromatic rings. The average molecular weight is 397 g/mol. The van der Waals surface area contributed by atoms with Gasteiger partial charge in [-0.15, -0.1) is 0 Å². The highest BCUT2D eigenvalue weighted by Crippen LogP contribution is 2.26. The Labute approximate surface area is 171 Å². The van der Waals surface area contributed by atoms with E-state index in [-0.39, 0.29) is 24.2 Å². The molecule has 4 nitrogen and oxygen atoms in total. The van der Waals surface area contributed by atoms with Gasteiger partial charge in [-0.3, -0.25) is 9.69 Å². The molecule has 2 aromatic carbocycles. The summed E-state index contributed by atoms with van der Waals surface area (Å²) in [6.45, 7) is 10.9. The quantitative estimate of drug-likeness (QED) is 0.515. The van der Waals surface area contributed by atoms with Crippen molar-refractivity contribution in [1.82, 2.24) is 10.2 Å². The number of likely N-dealkylation sites (N-methyl/N-ethyl adjacent to an activating group) is 1. The number of nitrogens with zero attached hydrogens (tertiary/aromatic N) is 1. The van der Waals surface area contributed by atoms with Crippen molar-refractivity contribution in [3.05, 3.63) is 70.7 Å². The number of rotatable bonds is 9. The van der Waals surface area contributed by atoms with E-state index in [2.05, 4.69) is 55.3 Å². The van der Waals surface area contributed by atoms with Crippen LogP contribution in [-0.4, -0.2) is 36.9 Å². The second-order valence-electron chi connectivity index (χ2n) is 7.40. The van der Waals surface area contributed by atoms with Crippen molar-refractivity contribution in [1.29, 1.82) is 0 Å². The number of furan rings is 1. The van der Waals surface area contributed by atoms with Gasteiger partial charge >= 0.3 is 0 Å². The maximum Gasteiger partial charge on any atom is 0.212 e. The number of hydrogen-bond donors (Lipinski definition) is 1. The first kappa shape index (κ1) is 21.2. The zero-order valence-electron chi connectivity index (χ0n) is 17.6. The van der Waals surface area contributed by atoms with Gasteiger partial charge in [-0.1, -0.05) is 43.7 Å². The van der Waals surface area contributed by atoms with Gasteiger partial charge in [0.05, 0.1) is 6.54 Å².